The molecule has 2 nitrogen and oxygen atoms in total. The van der Waals surface area contributed by atoms with Gasteiger partial charge in [0.15, 0.2) is 0 Å². The highest BCUT2D eigenvalue weighted by Crippen LogP contribution is 2.16. The first-order valence-corrected chi connectivity index (χ1v) is 4.34. The average molecular weight is 195 g/mol. The van der Waals surface area contributed by atoms with Crippen molar-refractivity contribution in [2.75, 3.05) is 14.1 Å². The minimum Gasteiger partial charge on any atom is -0.305 e. The molecule has 0 saturated carbocycles. The van der Waals surface area contributed by atoms with Gasteiger partial charge >= 0.3 is 0 Å². The lowest BCUT2D eigenvalue weighted by Gasteiger charge is -2.10. The summed E-state index contributed by atoms with van der Waals surface area (Å²) < 4.78 is 0. The standard InChI is InChI=1S/C10H11ClN2/c1-13(2)7-9-5-10(11)4-3-8(9)6-12/h3-5H,7H2,1-2H3. The lowest BCUT2D eigenvalue weighted by Crippen LogP contribution is -2.11. The molecule has 0 radical (unpaired) electrons. The van der Waals surface area contributed by atoms with Gasteiger partial charge in [-0.1, -0.05) is 11.6 Å². The Labute approximate surface area is 83.3 Å². The van der Waals surface area contributed by atoms with E-state index in [2.05, 4.69) is 6.07 Å². The third kappa shape index (κ3) is 2.73. The Morgan fingerprint density at radius 2 is 2.15 bits per heavy atom. The molecule has 0 saturated heterocycles. The molecule has 1 rings (SSSR count). The van der Waals surface area contributed by atoms with E-state index in [1.54, 1.807) is 12.1 Å². The van der Waals surface area contributed by atoms with E-state index in [1.165, 1.54) is 0 Å². The van der Waals surface area contributed by atoms with Crippen LogP contribution in [-0.2, 0) is 6.54 Å². The van der Waals surface area contributed by atoms with Gasteiger partial charge < -0.3 is 4.90 Å². The van der Waals surface area contributed by atoms with Gasteiger partial charge in [0, 0.05) is 11.6 Å². The maximum Gasteiger partial charge on any atom is 0.0995 e. The summed E-state index contributed by atoms with van der Waals surface area (Å²) in [6, 6.07) is 7.46. The second kappa shape index (κ2) is 4.27. The highest BCUT2D eigenvalue weighted by molar-refractivity contribution is 6.30. The predicted octanol–water partition coefficient (Wildman–Crippen LogP) is 2.27. The molecular formula is C10H11ClN2. The zero-order chi connectivity index (χ0) is 9.84. The Bertz CT molecular complexity index is 339. The van der Waals surface area contributed by atoms with E-state index < -0.39 is 0 Å². The van der Waals surface area contributed by atoms with Crippen molar-refractivity contribution < 1.29 is 0 Å². The number of nitriles is 1. The fourth-order valence-electron chi connectivity index (χ4n) is 1.14. The van der Waals surface area contributed by atoms with E-state index in [4.69, 9.17) is 16.9 Å². The third-order valence-electron chi connectivity index (χ3n) is 1.67. The van der Waals surface area contributed by atoms with Crippen molar-refractivity contribution in [3.05, 3.63) is 34.3 Å². The van der Waals surface area contributed by atoms with E-state index in [0.29, 0.717) is 10.6 Å². The SMILES string of the molecule is CN(C)Cc1cc(Cl)ccc1C#N. The summed E-state index contributed by atoms with van der Waals surface area (Å²) >= 11 is 5.83. The number of benzene rings is 1. The topological polar surface area (TPSA) is 27.0 Å². The molecule has 3 heteroatoms. The van der Waals surface area contributed by atoms with Crippen LogP contribution >= 0.6 is 11.6 Å². The summed E-state index contributed by atoms with van der Waals surface area (Å²) in [7, 11) is 3.92. The van der Waals surface area contributed by atoms with Gasteiger partial charge in [-0.25, -0.2) is 0 Å². The lowest BCUT2D eigenvalue weighted by atomic mass is 10.1. The maximum atomic E-state index is 8.81. The van der Waals surface area contributed by atoms with Crippen molar-refractivity contribution in [2.24, 2.45) is 0 Å². The van der Waals surface area contributed by atoms with Crippen LogP contribution in [0.15, 0.2) is 18.2 Å². The summed E-state index contributed by atoms with van der Waals surface area (Å²) in [4.78, 5) is 2.01. The number of nitrogens with zero attached hydrogens (tertiary/aromatic N) is 2. The van der Waals surface area contributed by atoms with Crippen LogP contribution in [0.5, 0.6) is 0 Å². The van der Waals surface area contributed by atoms with Gasteiger partial charge in [0.2, 0.25) is 0 Å². The average Bonchev–Trinajstić information content (AvgIpc) is 2.03. The molecule has 0 atom stereocenters. The molecule has 0 heterocycles. The Morgan fingerprint density at radius 3 is 2.69 bits per heavy atom. The smallest absolute Gasteiger partial charge is 0.0995 e. The molecule has 0 amide bonds. The van der Waals surface area contributed by atoms with Crippen molar-refractivity contribution in [1.29, 1.82) is 5.26 Å². The maximum absolute atomic E-state index is 8.81. The van der Waals surface area contributed by atoms with Crippen molar-refractivity contribution in [3.8, 4) is 6.07 Å². The molecule has 0 unspecified atom stereocenters. The van der Waals surface area contributed by atoms with E-state index >= 15 is 0 Å². The van der Waals surface area contributed by atoms with Crippen molar-refractivity contribution >= 4 is 11.6 Å². The van der Waals surface area contributed by atoms with Crippen molar-refractivity contribution in [1.82, 2.24) is 4.90 Å². The largest absolute Gasteiger partial charge is 0.305 e. The minimum atomic E-state index is 0.677. The molecular weight excluding hydrogens is 184 g/mol. The minimum absolute atomic E-state index is 0.677. The fraction of sp³-hybridized carbons (Fsp3) is 0.300. The molecule has 0 spiro atoms. The van der Waals surface area contributed by atoms with Crippen molar-refractivity contribution in [3.63, 3.8) is 0 Å². The van der Waals surface area contributed by atoms with Crippen LogP contribution in [0.25, 0.3) is 0 Å². The molecule has 0 aliphatic heterocycles. The highest BCUT2D eigenvalue weighted by Gasteiger charge is 2.03. The summed E-state index contributed by atoms with van der Waals surface area (Å²) in [6.07, 6.45) is 0. The van der Waals surface area contributed by atoms with Gasteiger partial charge in [-0.05, 0) is 37.9 Å². The van der Waals surface area contributed by atoms with E-state index in [1.807, 2.05) is 25.1 Å². The van der Waals surface area contributed by atoms with Crippen LogP contribution in [0.3, 0.4) is 0 Å². The van der Waals surface area contributed by atoms with Crippen LogP contribution < -0.4 is 0 Å². The summed E-state index contributed by atoms with van der Waals surface area (Å²) in [5.74, 6) is 0. The normalized spacial score (nSPS) is 10.1. The van der Waals surface area contributed by atoms with E-state index in [0.717, 1.165) is 12.1 Å². The second-order valence-corrected chi connectivity index (χ2v) is 3.59. The Balaban J connectivity index is 3.03. The predicted molar refractivity (Wildman–Crippen MR) is 53.6 cm³/mol. The molecule has 0 fully saturated rings. The number of halogens is 1. The highest BCUT2D eigenvalue weighted by atomic mass is 35.5. The third-order valence-corrected chi connectivity index (χ3v) is 1.91. The van der Waals surface area contributed by atoms with E-state index in [-0.39, 0.29) is 0 Å². The molecule has 1 aromatic carbocycles. The zero-order valence-corrected chi connectivity index (χ0v) is 8.47. The Kier molecular flexibility index (Phi) is 3.30. The summed E-state index contributed by atoms with van der Waals surface area (Å²) in [5, 5.41) is 9.49. The summed E-state index contributed by atoms with van der Waals surface area (Å²) in [5.41, 5.74) is 1.66. The Hall–Kier alpha value is -1.04. The molecule has 1 aromatic rings. The molecule has 13 heavy (non-hydrogen) atoms. The van der Waals surface area contributed by atoms with Gasteiger partial charge in [-0.15, -0.1) is 0 Å². The zero-order valence-electron chi connectivity index (χ0n) is 7.71. The second-order valence-electron chi connectivity index (χ2n) is 3.15. The first-order valence-electron chi connectivity index (χ1n) is 3.96. The van der Waals surface area contributed by atoms with Crippen molar-refractivity contribution in [2.45, 2.75) is 6.54 Å². The number of rotatable bonds is 2. The quantitative estimate of drug-likeness (QED) is 0.722. The Morgan fingerprint density at radius 1 is 1.46 bits per heavy atom. The number of hydrogen-bond donors (Lipinski definition) is 0. The van der Waals surface area contributed by atoms with Crippen LogP contribution in [0.4, 0.5) is 0 Å². The van der Waals surface area contributed by atoms with Crippen LogP contribution in [0.2, 0.25) is 5.02 Å². The molecule has 0 N–H and O–H groups in total. The van der Waals surface area contributed by atoms with Gasteiger partial charge in [-0.2, -0.15) is 5.26 Å². The monoisotopic (exact) mass is 194 g/mol. The van der Waals surface area contributed by atoms with Gasteiger partial charge in [0.1, 0.15) is 0 Å². The van der Waals surface area contributed by atoms with Gasteiger partial charge in [-0.3, -0.25) is 0 Å². The van der Waals surface area contributed by atoms with E-state index in [9.17, 15) is 0 Å². The molecule has 0 aliphatic rings. The lowest BCUT2D eigenvalue weighted by molar-refractivity contribution is 0.402. The molecule has 0 aromatic heterocycles. The first-order chi connectivity index (χ1) is 6.13. The first kappa shape index (κ1) is 10.0. The van der Waals surface area contributed by atoms with Gasteiger partial charge in [0.25, 0.3) is 0 Å². The van der Waals surface area contributed by atoms with Crippen LogP contribution in [-0.4, -0.2) is 19.0 Å². The van der Waals surface area contributed by atoms with Gasteiger partial charge in [0.05, 0.1) is 11.6 Å². The molecule has 0 bridgehead atoms. The fourth-order valence-corrected chi connectivity index (χ4v) is 1.34. The molecule has 0 aliphatic carbocycles. The van der Waals surface area contributed by atoms with Crippen LogP contribution in [0, 0.1) is 11.3 Å². The molecule has 68 valence electrons. The van der Waals surface area contributed by atoms with Crippen LogP contribution in [0.1, 0.15) is 11.1 Å². The summed E-state index contributed by atoms with van der Waals surface area (Å²) in [6.45, 7) is 0.740. The number of hydrogen-bond acceptors (Lipinski definition) is 2.